The molecule has 10 heteroatoms. The Kier molecular flexibility index (Phi) is 4.80. The predicted molar refractivity (Wildman–Crippen MR) is 118 cm³/mol. The Labute approximate surface area is 188 Å². The molecule has 3 aliphatic heterocycles. The normalized spacial score (nSPS) is 19.9. The van der Waals surface area contributed by atoms with E-state index in [9.17, 15) is 22.8 Å². The molecule has 0 atom stereocenters. The van der Waals surface area contributed by atoms with Crippen LogP contribution >= 0.6 is 0 Å². The zero-order valence-electron chi connectivity index (χ0n) is 18.1. The van der Waals surface area contributed by atoms with Crippen molar-refractivity contribution in [2.24, 2.45) is 5.41 Å². The molecule has 4 heterocycles. The molecule has 5 rings (SSSR count). The van der Waals surface area contributed by atoms with Crippen LogP contribution in [-0.4, -0.2) is 43.5 Å². The molecule has 3 aliphatic rings. The van der Waals surface area contributed by atoms with E-state index in [0.717, 1.165) is 11.3 Å². The van der Waals surface area contributed by atoms with E-state index in [4.69, 9.17) is 5.73 Å². The Morgan fingerprint density at radius 3 is 2.52 bits per heavy atom. The van der Waals surface area contributed by atoms with Crippen molar-refractivity contribution < 1.29 is 22.8 Å². The van der Waals surface area contributed by atoms with E-state index in [2.05, 4.69) is 10.3 Å². The van der Waals surface area contributed by atoms with Crippen LogP contribution in [0.3, 0.4) is 0 Å². The average Bonchev–Trinajstić information content (AvgIpc) is 3.26. The molecular formula is C23H24F3N5O2. The average molecular weight is 459 g/mol. The first kappa shape index (κ1) is 21.5. The highest BCUT2D eigenvalue weighted by Gasteiger charge is 2.46. The van der Waals surface area contributed by atoms with Crippen LogP contribution in [0.2, 0.25) is 0 Å². The lowest BCUT2D eigenvalue weighted by Gasteiger charge is -2.40. The number of fused-ring (bicyclic) bond motifs is 1. The molecule has 0 radical (unpaired) electrons. The number of halogens is 3. The van der Waals surface area contributed by atoms with E-state index in [-0.39, 0.29) is 23.9 Å². The first-order valence-corrected chi connectivity index (χ1v) is 10.9. The highest BCUT2D eigenvalue weighted by molar-refractivity contribution is 6.01. The molecule has 174 valence electrons. The maximum Gasteiger partial charge on any atom is 0.421 e. The summed E-state index contributed by atoms with van der Waals surface area (Å²) < 4.78 is 42.5. The third-order valence-electron chi connectivity index (χ3n) is 7.24. The topological polar surface area (TPSA) is 91.6 Å². The molecule has 33 heavy (non-hydrogen) atoms. The van der Waals surface area contributed by atoms with Gasteiger partial charge >= 0.3 is 6.18 Å². The van der Waals surface area contributed by atoms with E-state index >= 15 is 0 Å². The number of aromatic nitrogens is 1. The van der Waals surface area contributed by atoms with Crippen molar-refractivity contribution in [3.05, 3.63) is 35.5 Å². The van der Waals surface area contributed by atoms with Crippen LogP contribution in [0.25, 0.3) is 11.1 Å². The van der Waals surface area contributed by atoms with Gasteiger partial charge in [-0.1, -0.05) is 6.07 Å². The maximum atomic E-state index is 14.2. The summed E-state index contributed by atoms with van der Waals surface area (Å²) in [6, 6.07) is 5.21. The molecule has 7 nitrogen and oxygen atoms in total. The number of carbonyl (C=O) groups excluding carboxylic acids is 2. The van der Waals surface area contributed by atoms with Gasteiger partial charge in [-0.15, -0.1) is 0 Å². The second-order valence-electron chi connectivity index (χ2n) is 9.02. The summed E-state index contributed by atoms with van der Waals surface area (Å²) in [5, 5.41) is 2.85. The molecule has 3 N–H and O–H groups in total. The number of nitrogen functional groups attached to an aromatic ring is 1. The van der Waals surface area contributed by atoms with Gasteiger partial charge in [0, 0.05) is 44.1 Å². The third kappa shape index (κ3) is 3.39. The Morgan fingerprint density at radius 2 is 1.88 bits per heavy atom. The number of piperidine rings is 1. The van der Waals surface area contributed by atoms with Gasteiger partial charge in [-0.05, 0) is 42.5 Å². The van der Waals surface area contributed by atoms with Gasteiger partial charge in [-0.3, -0.25) is 9.59 Å². The highest BCUT2D eigenvalue weighted by Crippen LogP contribution is 2.48. The number of carbonyl (C=O) groups is 2. The van der Waals surface area contributed by atoms with Gasteiger partial charge < -0.3 is 20.9 Å². The number of amides is 2. The molecule has 2 aromatic rings. The highest BCUT2D eigenvalue weighted by atomic mass is 19.4. The molecule has 0 saturated carbocycles. The van der Waals surface area contributed by atoms with Crippen molar-refractivity contribution in [2.75, 3.05) is 42.2 Å². The second-order valence-corrected chi connectivity index (χ2v) is 9.02. The van der Waals surface area contributed by atoms with Crippen LogP contribution in [0.5, 0.6) is 0 Å². The van der Waals surface area contributed by atoms with Crippen molar-refractivity contribution in [2.45, 2.75) is 31.9 Å². The van der Waals surface area contributed by atoms with Gasteiger partial charge in [-0.25, -0.2) is 4.98 Å². The van der Waals surface area contributed by atoms with Crippen molar-refractivity contribution >= 4 is 29.0 Å². The molecular weight excluding hydrogens is 435 g/mol. The summed E-state index contributed by atoms with van der Waals surface area (Å²) in [4.78, 5) is 31.5. The van der Waals surface area contributed by atoms with Gasteiger partial charge in [0.25, 0.3) is 0 Å². The van der Waals surface area contributed by atoms with Gasteiger partial charge in [0.05, 0.1) is 17.5 Å². The number of hydrogen-bond acceptors (Lipinski definition) is 5. The summed E-state index contributed by atoms with van der Waals surface area (Å²) in [6.07, 6.45) is -1.49. The molecule has 2 amide bonds. The predicted octanol–water partition coefficient (Wildman–Crippen LogP) is 2.98. The fourth-order valence-electron chi connectivity index (χ4n) is 5.32. The maximum absolute atomic E-state index is 14.2. The van der Waals surface area contributed by atoms with Crippen LogP contribution in [0.15, 0.2) is 24.4 Å². The fraction of sp³-hybridized carbons (Fsp3) is 0.435. The lowest BCUT2D eigenvalue weighted by molar-refractivity contribution is -0.136. The van der Waals surface area contributed by atoms with Crippen LogP contribution in [0.1, 0.15) is 30.4 Å². The van der Waals surface area contributed by atoms with E-state index in [0.29, 0.717) is 50.0 Å². The molecule has 1 aromatic carbocycles. The number of nitrogens with zero attached hydrogens (tertiary/aromatic N) is 3. The molecule has 2 saturated heterocycles. The van der Waals surface area contributed by atoms with Gasteiger partial charge in [0.1, 0.15) is 11.4 Å². The number of anilines is 3. The fourth-order valence-corrected chi connectivity index (χ4v) is 5.32. The molecule has 0 aliphatic carbocycles. The number of rotatable bonds is 2. The standard InChI is InChI=1S/C23H24F3N5O2/c1-30-16-3-2-13(10-14(16)11-17(30)32)15-12-29-20(27)18(23(24,25)26)19(15)31-8-5-22(6-9-31)4-7-28-21(22)33/h2-3,10,12H,4-9,11H2,1H3,(H2,27,29)(H,28,33). The molecule has 2 fully saturated rings. The quantitative estimate of drug-likeness (QED) is 0.721. The summed E-state index contributed by atoms with van der Waals surface area (Å²) in [5.41, 5.74) is 6.64. The van der Waals surface area contributed by atoms with Crippen molar-refractivity contribution in [1.29, 1.82) is 0 Å². The first-order valence-electron chi connectivity index (χ1n) is 10.9. The Balaban J connectivity index is 1.60. The van der Waals surface area contributed by atoms with E-state index in [1.54, 1.807) is 35.0 Å². The third-order valence-corrected chi connectivity index (χ3v) is 7.24. The number of alkyl halides is 3. The second kappa shape index (κ2) is 7.36. The zero-order chi connectivity index (χ0) is 23.5. The van der Waals surface area contributed by atoms with Crippen molar-refractivity contribution in [1.82, 2.24) is 10.3 Å². The molecule has 0 bridgehead atoms. The van der Waals surface area contributed by atoms with Gasteiger partial charge in [0.15, 0.2) is 0 Å². The van der Waals surface area contributed by atoms with Crippen molar-refractivity contribution in [3.8, 4) is 11.1 Å². The van der Waals surface area contributed by atoms with E-state index in [1.165, 1.54) is 6.20 Å². The number of pyridine rings is 1. The number of nitrogens with two attached hydrogens (primary N) is 1. The van der Waals surface area contributed by atoms with Crippen LogP contribution < -0.4 is 20.9 Å². The van der Waals surface area contributed by atoms with Crippen molar-refractivity contribution in [3.63, 3.8) is 0 Å². The summed E-state index contributed by atoms with van der Waals surface area (Å²) in [5.74, 6) is -0.652. The van der Waals surface area contributed by atoms with E-state index < -0.39 is 23.0 Å². The number of likely N-dealkylation sites (N-methyl/N-ethyl adjacent to an activating group) is 1. The molecule has 1 spiro atoms. The lowest BCUT2D eigenvalue weighted by Crippen LogP contribution is -2.44. The van der Waals surface area contributed by atoms with Crippen LogP contribution in [0, 0.1) is 5.41 Å². The summed E-state index contributed by atoms with van der Waals surface area (Å²) >= 11 is 0. The smallest absolute Gasteiger partial charge is 0.383 e. The SMILES string of the molecule is CN1C(=O)Cc2cc(-c3cnc(N)c(C(F)(F)F)c3N3CCC4(CCNC4=O)CC3)ccc21. The zero-order valence-corrected chi connectivity index (χ0v) is 18.1. The van der Waals surface area contributed by atoms with Gasteiger partial charge in [0.2, 0.25) is 11.8 Å². The largest absolute Gasteiger partial charge is 0.421 e. The minimum absolute atomic E-state index is 0.0131. The number of nitrogens with one attached hydrogen (secondary N) is 1. The number of hydrogen-bond donors (Lipinski definition) is 2. The van der Waals surface area contributed by atoms with Crippen LogP contribution in [0.4, 0.5) is 30.4 Å². The first-order chi connectivity index (χ1) is 15.6. The summed E-state index contributed by atoms with van der Waals surface area (Å²) in [7, 11) is 1.68. The lowest BCUT2D eigenvalue weighted by atomic mass is 9.77. The Morgan fingerprint density at radius 1 is 1.15 bits per heavy atom. The summed E-state index contributed by atoms with van der Waals surface area (Å²) in [6.45, 7) is 1.21. The van der Waals surface area contributed by atoms with E-state index in [1.807, 2.05) is 0 Å². The molecule has 0 unspecified atom stereocenters. The monoisotopic (exact) mass is 459 g/mol. The minimum atomic E-state index is -4.70. The number of benzene rings is 1. The van der Waals surface area contributed by atoms with Crippen LogP contribution in [-0.2, 0) is 22.2 Å². The van der Waals surface area contributed by atoms with Gasteiger partial charge in [-0.2, -0.15) is 13.2 Å². The molecule has 1 aromatic heterocycles. The Hall–Kier alpha value is -3.30. The Bertz CT molecular complexity index is 1160. The minimum Gasteiger partial charge on any atom is -0.383 e.